The van der Waals surface area contributed by atoms with Crippen molar-refractivity contribution in [2.24, 2.45) is 11.3 Å². The number of piperidine rings is 1. The molecule has 0 unspecified atom stereocenters. The van der Waals surface area contributed by atoms with Gasteiger partial charge in [0, 0.05) is 23.9 Å². The highest BCUT2D eigenvalue weighted by Crippen LogP contribution is 2.70. The molecule has 3 saturated heterocycles. The van der Waals surface area contributed by atoms with Gasteiger partial charge in [0.2, 0.25) is 6.79 Å². The van der Waals surface area contributed by atoms with E-state index in [2.05, 4.69) is 4.90 Å². The van der Waals surface area contributed by atoms with E-state index in [0.29, 0.717) is 30.8 Å². The molecule has 5 aliphatic heterocycles. The molecule has 12 heteroatoms. The molecule has 1 amide bonds. The summed E-state index contributed by atoms with van der Waals surface area (Å²) in [6, 6.07) is 2.94. The lowest BCUT2D eigenvalue weighted by atomic mass is 9.46. The fraction of sp³-hybridized carbons (Fsp3) is 0.625. The van der Waals surface area contributed by atoms with Crippen LogP contribution in [-0.2, 0) is 29.2 Å². The van der Waals surface area contributed by atoms with Crippen LogP contribution in [0.1, 0.15) is 24.8 Å². The van der Waals surface area contributed by atoms with Gasteiger partial charge in [-0.15, -0.1) is 0 Å². The zero-order valence-electron chi connectivity index (χ0n) is 19.8. The van der Waals surface area contributed by atoms with Crippen molar-refractivity contribution in [3.05, 3.63) is 17.7 Å². The predicted molar refractivity (Wildman–Crippen MR) is 117 cm³/mol. The molecule has 4 fully saturated rings. The Kier molecular flexibility index (Phi) is 4.19. The summed E-state index contributed by atoms with van der Waals surface area (Å²) >= 11 is 0. The van der Waals surface area contributed by atoms with E-state index in [-0.39, 0.29) is 31.1 Å². The van der Waals surface area contributed by atoms with Gasteiger partial charge in [0.1, 0.15) is 23.3 Å². The largest absolute Gasteiger partial charge is 0.465 e. The number of rotatable bonds is 1. The molecule has 1 aromatic carbocycles. The summed E-state index contributed by atoms with van der Waals surface area (Å²) < 4.78 is 27.1. The van der Waals surface area contributed by atoms with Crippen LogP contribution in [0.25, 0.3) is 0 Å². The molecule has 1 aliphatic carbocycles. The van der Waals surface area contributed by atoms with E-state index >= 15 is 0 Å². The summed E-state index contributed by atoms with van der Waals surface area (Å²) in [5.41, 5.74) is -3.96. The van der Waals surface area contributed by atoms with E-state index in [1.165, 1.54) is 0 Å². The molecule has 12 nitrogen and oxygen atoms in total. The molecular formula is C24H26N2O10. The maximum Gasteiger partial charge on any atom is 0.417 e. The number of ether oxygens (including phenoxy) is 5. The molecule has 36 heavy (non-hydrogen) atoms. The van der Waals surface area contributed by atoms with Crippen molar-refractivity contribution in [1.29, 1.82) is 0 Å². The third-order valence-electron chi connectivity index (χ3n) is 9.46. The summed E-state index contributed by atoms with van der Waals surface area (Å²) in [6.07, 6.45) is -1.84. The lowest BCUT2D eigenvalue weighted by molar-refractivity contribution is -0.189. The van der Waals surface area contributed by atoms with Crippen molar-refractivity contribution in [2.45, 2.75) is 48.7 Å². The number of anilines is 1. The van der Waals surface area contributed by atoms with Crippen molar-refractivity contribution in [1.82, 2.24) is 4.90 Å². The lowest BCUT2D eigenvalue weighted by Crippen LogP contribution is -2.77. The molecule has 7 atom stereocenters. The normalized spacial score (nSPS) is 41.2. The van der Waals surface area contributed by atoms with Crippen molar-refractivity contribution >= 4 is 23.7 Å². The van der Waals surface area contributed by atoms with Gasteiger partial charge < -0.3 is 33.9 Å². The number of aliphatic hydroxyl groups is 2. The number of amides is 1. The summed E-state index contributed by atoms with van der Waals surface area (Å²) in [5.74, 6) is -1.84. The molecule has 6 aliphatic rings. The number of aliphatic hydroxyl groups excluding tert-OH is 1. The van der Waals surface area contributed by atoms with Crippen LogP contribution in [0.5, 0.6) is 11.5 Å². The first-order valence-electron chi connectivity index (χ1n) is 12.0. The van der Waals surface area contributed by atoms with Gasteiger partial charge in [-0.3, -0.25) is 9.69 Å². The molecule has 1 aromatic rings. The molecule has 2 N–H and O–H groups in total. The number of fused-ring (bicyclic) bond motifs is 4. The molecule has 1 saturated carbocycles. The molecule has 2 spiro atoms. The molecular weight excluding hydrogens is 476 g/mol. The Morgan fingerprint density at radius 3 is 2.69 bits per heavy atom. The first kappa shape index (κ1) is 22.1. The highest BCUT2D eigenvalue weighted by molar-refractivity contribution is 6.02. The average Bonchev–Trinajstić information content (AvgIpc) is 3.54. The number of hydrogen-bond acceptors (Lipinski definition) is 11. The van der Waals surface area contributed by atoms with Crippen LogP contribution < -0.4 is 14.4 Å². The van der Waals surface area contributed by atoms with Crippen molar-refractivity contribution < 1.29 is 48.3 Å². The van der Waals surface area contributed by atoms with Crippen LogP contribution in [0, 0.1) is 11.3 Å². The molecule has 0 aromatic heterocycles. The second kappa shape index (κ2) is 6.81. The maximum absolute atomic E-state index is 13.5. The van der Waals surface area contributed by atoms with Crippen LogP contribution in [0.2, 0.25) is 0 Å². The minimum absolute atomic E-state index is 0.111. The predicted octanol–water partition coefficient (Wildman–Crippen LogP) is -0.128. The van der Waals surface area contributed by atoms with Crippen molar-refractivity contribution in [2.75, 3.05) is 39.0 Å². The molecule has 5 heterocycles. The Hall–Kier alpha value is -3.09. The second-order valence-corrected chi connectivity index (χ2v) is 10.4. The highest BCUT2D eigenvalue weighted by Gasteiger charge is 2.80. The molecule has 0 radical (unpaired) electrons. The lowest BCUT2D eigenvalue weighted by Gasteiger charge is -2.63. The number of carbonyl (C=O) groups excluding carboxylic acids is 3. The number of benzene rings is 1. The second-order valence-electron chi connectivity index (χ2n) is 10.4. The fourth-order valence-corrected chi connectivity index (χ4v) is 8.32. The molecule has 2 bridgehead atoms. The van der Waals surface area contributed by atoms with Gasteiger partial charge in [-0.2, -0.15) is 0 Å². The van der Waals surface area contributed by atoms with Gasteiger partial charge in [-0.1, -0.05) is 6.07 Å². The number of esters is 2. The Morgan fingerprint density at radius 2 is 1.94 bits per heavy atom. The monoisotopic (exact) mass is 502 g/mol. The summed E-state index contributed by atoms with van der Waals surface area (Å²) in [5, 5.41) is 23.7. The quantitative estimate of drug-likeness (QED) is 0.391. The minimum Gasteiger partial charge on any atom is -0.465 e. The first-order chi connectivity index (χ1) is 17.3. The summed E-state index contributed by atoms with van der Waals surface area (Å²) in [6.45, 7) is 0.775. The number of methoxy groups -OCH3 is 2. The molecule has 192 valence electrons. The van der Waals surface area contributed by atoms with Crippen molar-refractivity contribution in [3.8, 4) is 11.5 Å². The van der Waals surface area contributed by atoms with Gasteiger partial charge in [0.15, 0.2) is 11.5 Å². The van der Waals surface area contributed by atoms with Crippen LogP contribution in [0.4, 0.5) is 10.5 Å². The smallest absolute Gasteiger partial charge is 0.417 e. The van der Waals surface area contributed by atoms with E-state index < -0.39 is 58.8 Å². The third-order valence-corrected chi connectivity index (χ3v) is 9.46. The third kappa shape index (κ3) is 2.13. The fourth-order valence-electron chi connectivity index (χ4n) is 8.32. The van der Waals surface area contributed by atoms with E-state index in [1.807, 2.05) is 0 Å². The standard InChI is InChI=1S/C24H26N2O10/c1-32-20(29)24(31)14-5-6-23-17(27)13(36-19(23)28)9-25-8-7-22(14,18(23)25)11-3-4-12-16(35-10-34-12)15(11)26(24)21(30)33-2/h3-4,13-14,17-18,27,31H,5-10H2,1-2H3/t13-,14-,17+,18-,22+,23-,24+/m0/s1. The van der Waals surface area contributed by atoms with Gasteiger partial charge in [0.25, 0.3) is 5.72 Å². The van der Waals surface area contributed by atoms with Crippen molar-refractivity contribution in [3.63, 3.8) is 0 Å². The summed E-state index contributed by atoms with van der Waals surface area (Å²) in [4.78, 5) is 43.1. The van der Waals surface area contributed by atoms with Gasteiger partial charge >= 0.3 is 18.0 Å². The Balaban J connectivity index is 1.57. The van der Waals surface area contributed by atoms with E-state index in [0.717, 1.165) is 19.1 Å². The summed E-state index contributed by atoms with van der Waals surface area (Å²) in [7, 11) is 2.30. The van der Waals surface area contributed by atoms with Gasteiger partial charge in [0.05, 0.1) is 14.2 Å². The van der Waals surface area contributed by atoms with Crippen LogP contribution in [0.15, 0.2) is 12.1 Å². The number of carbonyl (C=O) groups is 3. The first-order valence-corrected chi connectivity index (χ1v) is 12.0. The van der Waals surface area contributed by atoms with Crippen LogP contribution in [0.3, 0.4) is 0 Å². The van der Waals surface area contributed by atoms with Gasteiger partial charge in [-0.05, 0) is 37.4 Å². The van der Waals surface area contributed by atoms with E-state index in [4.69, 9.17) is 23.7 Å². The molecule has 7 rings (SSSR count). The minimum atomic E-state index is -2.47. The van der Waals surface area contributed by atoms with Crippen LogP contribution in [-0.4, -0.2) is 91.2 Å². The Bertz CT molecular complexity index is 1220. The topological polar surface area (TPSA) is 144 Å². The zero-order chi connectivity index (χ0) is 25.2. The van der Waals surface area contributed by atoms with E-state index in [9.17, 15) is 24.6 Å². The average molecular weight is 502 g/mol. The van der Waals surface area contributed by atoms with Gasteiger partial charge in [-0.25, -0.2) is 14.5 Å². The van der Waals surface area contributed by atoms with E-state index in [1.54, 1.807) is 12.1 Å². The maximum atomic E-state index is 13.5. The highest BCUT2D eigenvalue weighted by atomic mass is 16.7. The SMILES string of the molecule is COC(=O)N1c2c(ccc3c2OCO3)[C@]23CCN4C[C@@H]5OC(=O)[C@@](CC[C@@H]2[C@@]1(O)C(=O)OC)([C@@H]5O)[C@@H]43. The number of nitrogens with zero attached hydrogens (tertiary/aromatic N) is 2. The number of hydrogen-bond donors (Lipinski definition) is 2. The Morgan fingerprint density at radius 1 is 1.14 bits per heavy atom. The zero-order valence-corrected chi connectivity index (χ0v) is 19.8. The van der Waals surface area contributed by atoms with Crippen LogP contribution >= 0.6 is 0 Å². The Labute approximate surface area is 205 Å².